The van der Waals surface area contributed by atoms with Crippen LogP contribution in [-0.4, -0.2) is 30.7 Å². The first-order chi connectivity index (χ1) is 6.64. The van der Waals surface area contributed by atoms with E-state index in [1.54, 1.807) is 7.11 Å². The van der Waals surface area contributed by atoms with Gasteiger partial charge in [0, 0.05) is 13.2 Å². The standard InChI is InChI=1S/C10H18N2O2/c1-14-8-3-2-7(6-8)12-9(13)10(11)4-5-10/h7-8H,2-6,11H2,1H3,(H,12,13). The van der Waals surface area contributed by atoms with E-state index in [-0.39, 0.29) is 11.9 Å². The normalized spacial score (nSPS) is 34.1. The van der Waals surface area contributed by atoms with Crippen molar-refractivity contribution in [3.05, 3.63) is 0 Å². The molecule has 2 aliphatic rings. The Balaban J connectivity index is 1.78. The first kappa shape index (κ1) is 9.93. The van der Waals surface area contributed by atoms with Crippen molar-refractivity contribution >= 4 is 5.91 Å². The van der Waals surface area contributed by atoms with Crippen molar-refractivity contribution in [2.24, 2.45) is 5.73 Å². The third-order valence-corrected chi connectivity index (χ3v) is 3.29. The molecule has 0 bridgehead atoms. The van der Waals surface area contributed by atoms with Gasteiger partial charge in [0.1, 0.15) is 0 Å². The minimum absolute atomic E-state index is 0.0271. The van der Waals surface area contributed by atoms with Crippen molar-refractivity contribution in [1.82, 2.24) is 5.32 Å². The zero-order chi connectivity index (χ0) is 10.2. The molecule has 0 aromatic heterocycles. The summed E-state index contributed by atoms with van der Waals surface area (Å²) in [6.07, 6.45) is 4.96. The van der Waals surface area contributed by atoms with Crippen LogP contribution in [0.3, 0.4) is 0 Å². The number of hydrogen-bond donors (Lipinski definition) is 2. The van der Waals surface area contributed by atoms with Crippen LogP contribution in [0.25, 0.3) is 0 Å². The first-order valence-corrected chi connectivity index (χ1v) is 5.27. The molecule has 14 heavy (non-hydrogen) atoms. The molecule has 0 spiro atoms. The smallest absolute Gasteiger partial charge is 0.240 e. The molecule has 2 unspecified atom stereocenters. The molecular formula is C10H18N2O2. The van der Waals surface area contributed by atoms with Gasteiger partial charge in [-0.3, -0.25) is 4.79 Å². The second-order valence-corrected chi connectivity index (χ2v) is 4.50. The van der Waals surface area contributed by atoms with Gasteiger partial charge in [-0.2, -0.15) is 0 Å². The molecule has 0 saturated heterocycles. The number of carbonyl (C=O) groups excluding carboxylic acids is 1. The van der Waals surface area contributed by atoms with Crippen LogP contribution < -0.4 is 11.1 Å². The summed E-state index contributed by atoms with van der Waals surface area (Å²) in [6.45, 7) is 0. The molecule has 2 aliphatic carbocycles. The van der Waals surface area contributed by atoms with Crippen LogP contribution in [0.5, 0.6) is 0 Å². The molecule has 0 heterocycles. The fourth-order valence-electron chi connectivity index (χ4n) is 1.98. The molecule has 0 aromatic rings. The van der Waals surface area contributed by atoms with Crippen molar-refractivity contribution in [3.8, 4) is 0 Å². The molecule has 0 aromatic carbocycles. The van der Waals surface area contributed by atoms with Crippen molar-refractivity contribution in [2.75, 3.05) is 7.11 Å². The summed E-state index contributed by atoms with van der Waals surface area (Å²) in [4.78, 5) is 11.6. The SMILES string of the molecule is COC1CCC(NC(=O)C2(N)CC2)C1. The molecule has 2 atom stereocenters. The van der Waals surface area contributed by atoms with E-state index in [1.165, 1.54) is 0 Å². The van der Waals surface area contributed by atoms with Crippen molar-refractivity contribution in [1.29, 1.82) is 0 Å². The van der Waals surface area contributed by atoms with Gasteiger partial charge in [0.05, 0.1) is 11.6 Å². The predicted octanol–water partition coefficient (Wildman–Crippen LogP) is 0.161. The van der Waals surface area contributed by atoms with E-state index >= 15 is 0 Å². The Bertz CT molecular complexity index is 238. The minimum Gasteiger partial charge on any atom is -0.381 e. The second-order valence-electron chi connectivity index (χ2n) is 4.50. The number of ether oxygens (including phenoxy) is 1. The molecule has 3 N–H and O–H groups in total. The number of nitrogens with two attached hydrogens (primary N) is 1. The van der Waals surface area contributed by atoms with E-state index in [9.17, 15) is 4.79 Å². The highest BCUT2D eigenvalue weighted by atomic mass is 16.5. The summed E-state index contributed by atoms with van der Waals surface area (Å²) in [5.74, 6) is 0.0271. The van der Waals surface area contributed by atoms with Crippen LogP contribution in [0.15, 0.2) is 0 Å². The summed E-state index contributed by atoms with van der Waals surface area (Å²) in [5.41, 5.74) is 5.26. The highest BCUT2D eigenvalue weighted by Crippen LogP contribution is 2.33. The fraction of sp³-hybridized carbons (Fsp3) is 0.900. The summed E-state index contributed by atoms with van der Waals surface area (Å²) < 4.78 is 5.24. The van der Waals surface area contributed by atoms with E-state index in [1.807, 2.05) is 0 Å². The molecule has 4 heteroatoms. The number of hydrogen-bond acceptors (Lipinski definition) is 3. The maximum absolute atomic E-state index is 11.6. The summed E-state index contributed by atoms with van der Waals surface area (Å²) in [6, 6.07) is 0.272. The average molecular weight is 198 g/mol. The van der Waals surface area contributed by atoms with Gasteiger partial charge in [0.2, 0.25) is 5.91 Å². The van der Waals surface area contributed by atoms with E-state index in [0.717, 1.165) is 32.1 Å². The van der Waals surface area contributed by atoms with Crippen LogP contribution in [-0.2, 0) is 9.53 Å². The Morgan fingerprint density at radius 3 is 2.71 bits per heavy atom. The lowest BCUT2D eigenvalue weighted by Gasteiger charge is -2.15. The number of carbonyl (C=O) groups is 1. The van der Waals surface area contributed by atoms with Gasteiger partial charge in [-0.25, -0.2) is 0 Å². The van der Waals surface area contributed by atoms with Gasteiger partial charge < -0.3 is 15.8 Å². The van der Waals surface area contributed by atoms with E-state index in [0.29, 0.717) is 6.10 Å². The fourth-order valence-corrected chi connectivity index (χ4v) is 1.98. The van der Waals surface area contributed by atoms with Gasteiger partial charge >= 0.3 is 0 Å². The van der Waals surface area contributed by atoms with Crippen LogP contribution in [0.1, 0.15) is 32.1 Å². The van der Waals surface area contributed by atoms with Gasteiger partial charge in [-0.15, -0.1) is 0 Å². The number of amides is 1. The Morgan fingerprint density at radius 2 is 2.21 bits per heavy atom. The lowest BCUT2D eigenvalue weighted by atomic mass is 10.2. The Labute approximate surface area is 84.2 Å². The molecule has 2 fully saturated rings. The molecule has 2 saturated carbocycles. The topological polar surface area (TPSA) is 64.3 Å². The summed E-state index contributed by atoms with van der Waals surface area (Å²) in [7, 11) is 1.72. The molecular weight excluding hydrogens is 180 g/mol. The number of methoxy groups -OCH3 is 1. The predicted molar refractivity (Wildman–Crippen MR) is 52.7 cm³/mol. The van der Waals surface area contributed by atoms with Crippen molar-refractivity contribution < 1.29 is 9.53 Å². The monoisotopic (exact) mass is 198 g/mol. The largest absolute Gasteiger partial charge is 0.381 e. The third kappa shape index (κ3) is 1.91. The molecule has 4 nitrogen and oxygen atoms in total. The van der Waals surface area contributed by atoms with Crippen LogP contribution in [0.2, 0.25) is 0 Å². The zero-order valence-corrected chi connectivity index (χ0v) is 8.58. The zero-order valence-electron chi connectivity index (χ0n) is 8.58. The Morgan fingerprint density at radius 1 is 1.50 bits per heavy atom. The van der Waals surface area contributed by atoms with Crippen LogP contribution in [0.4, 0.5) is 0 Å². The number of nitrogens with one attached hydrogen (secondary N) is 1. The molecule has 0 radical (unpaired) electrons. The van der Waals surface area contributed by atoms with Crippen molar-refractivity contribution in [2.45, 2.75) is 49.8 Å². The summed E-state index contributed by atoms with van der Waals surface area (Å²) in [5, 5.41) is 3.00. The Kier molecular flexibility index (Phi) is 2.49. The van der Waals surface area contributed by atoms with Gasteiger partial charge in [-0.1, -0.05) is 0 Å². The molecule has 0 aliphatic heterocycles. The van der Waals surface area contributed by atoms with E-state index in [4.69, 9.17) is 10.5 Å². The summed E-state index contributed by atoms with van der Waals surface area (Å²) >= 11 is 0. The number of rotatable bonds is 3. The van der Waals surface area contributed by atoms with E-state index in [2.05, 4.69) is 5.32 Å². The highest BCUT2D eigenvalue weighted by Gasteiger charge is 2.46. The molecule has 2 rings (SSSR count). The van der Waals surface area contributed by atoms with Gasteiger partial charge in [0.25, 0.3) is 0 Å². The van der Waals surface area contributed by atoms with Gasteiger partial charge in [0.15, 0.2) is 0 Å². The lowest BCUT2D eigenvalue weighted by Crippen LogP contribution is -2.46. The third-order valence-electron chi connectivity index (χ3n) is 3.29. The lowest BCUT2D eigenvalue weighted by molar-refractivity contribution is -0.124. The maximum atomic E-state index is 11.6. The molecule has 1 amide bonds. The highest BCUT2D eigenvalue weighted by molar-refractivity contribution is 5.89. The Hall–Kier alpha value is -0.610. The van der Waals surface area contributed by atoms with Crippen LogP contribution >= 0.6 is 0 Å². The average Bonchev–Trinajstić information content (AvgIpc) is 2.77. The maximum Gasteiger partial charge on any atom is 0.240 e. The van der Waals surface area contributed by atoms with E-state index < -0.39 is 5.54 Å². The van der Waals surface area contributed by atoms with Crippen LogP contribution in [0, 0.1) is 0 Å². The molecule has 80 valence electrons. The second kappa shape index (κ2) is 3.51. The van der Waals surface area contributed by atoms with Gasteiger partial charge in [-0.05, 0) is 32.1 Å². The first-order valence-electron chi connectivity index (χ1n) is 5.27. The van der Waals surface area contributed by atoms with Crippen molar-refractivity contribution in [3.63, 3.8) is 0 Å². The quantitative estimate of drug-likeness (QED) is 0.679. The minimum atomic E-state index is -0.537.